The first-order chi connectivity index (χ1) is 7.21. The van der Waals surface area contributed by atoms with Crippen molar-refractivity contribution in [2.45, 2.75) is 32.7 Å². The van der Waals surface area contributed by atoms with Crippen LogP contribution in [0.5, 0.6) is 0 Å². The van der Waals surface area contributed by atoms with Gasteiger partial charge < -0.3 is 11.1 Å². The van der Waals surface area contributed by atoms with Gasteiger partial charge in [0.15, 0.2) is 5.69 Å². The summed E-state index contributed by atoms with van der Waals surface area (Å²) in [4.78, 5) is 4.13. The lowest BCUT2D eigenvalue weighted by atomic mass is 10.2. The topological polar surface area (TPSA) is 74.7 Å². The normalized spacial score (nSPS) is 10.0. The Balaban J connectivity index is 2.83. The number of nitrogens with two attached hydrogens (primary N) is 1. The lowest BCUT2D eigenvalue weighted by molar-refractivity contribution is 0.668. The minimum absolute atomic E-state index is 0.283. The molecule has 1 aromatic rings. The van der Waals surface area contributed by atoms with E-state index in [0.717, 1.165) is 18.7 Å². The van der Waals surface area contributed by atoms with E-state index in [1.165, 1.54) is 0 Å². The third-order valence-corrected chi connectivity index (χ3v) is 2.37. The highest BCUT2D eigenvalue weighted by Gasteiger charge is 2.06. The minimum atomic E-state index is 0.283. The van der Waals surface area contributed by atoms with Gasteiger partial charge in [0.05, 0.1) is 5.69 Å². The second kappa shape index (κ2) is 5.20. The lowest BCUT2D eigenvalue weighted by Gasteiger charge is -2.15. The molecule has 0 radical (unpaired) electrons. The van der Waals surface area contributed by atoms with E-state index in [4.69, 9.17) is 11.0 Å². The second-order valence-corrected chi connectivity index (χ2v) is 3.40. The van der Waals surface area contributed by atoms with Gasteiger partial charge in [0.1, 0.15) is 11.9 Å². The minimum Gasteiger partial charge on any atom is -0.396 e. The van der Waals surface area contributed by atoms with Gasteiger partial charge in [-0.05, 0) is 25.0 Å². The standard InChI is InChI=1S/C11H16N4/c1-3-8(4-2)14-11-6-5-9(13)10(7-12)15-11/h5-6,8H,3-4,13H2,1-2H3,(H,14,15). The third kappa shape index (κ3) is 2.84. The van der Waals surface area contributed by atoms with Crippen molar-refractivity contribution in [3.63, 3.8) is 0 Å². The molecule has 15 heavy (non-hydrogen) atoms. The van der Waals surface area contributed by atoms with Gasteiger partial charge in [-0.2, -0.15) is 5.26 Å². The molecule has 0 saturated heterocycles. The molecular formula is C11H16N4. The molecule has 0 saturated carbocycles. The summed E-state index contributed by atoms with van der Waals surface area (Å²) in [7, 11) is 0. The maximum atomic E-state index is 8.77. The van der Waals surface area contributed by atoms with E-state index in [2.05, 4.69) is 24.1 Å². The van der Waals surface area contributed by atoms with Crippen molar-refractivity contribution in [3.05, 3.63) is 17.8 Å². The van der Waals surface area contributed by atoms with Crippen LogP contribution in [0.2, 0.25) is 0 Å². The van der Waals surface area contributed by atoms with Gasteiger partial charge in [-0.15, -0.1) is 0 Å². The van der Waals surface area contributed by atoms with E-state index in [9.17, 15) is 0 Å². The molecule has 80 valence electrons. The van der Waals surface area contributed by atoms with Crippen molar-refractivity contribution in [2.24, 2.45) is 0 Å². The Morgan fingerprint density at radius 3 is 2.67 bits per heavy atom. The maximum Gasteiger partial charge on any atom is 0.165 e. The summed E-state index contributed by atoms with van der Waals surface area (Å²) >= 11 is 0. The number of rotatable bonds is 4. The van der Waals surface area contributed by atoms with E-state index in [1.54, 1.807) is 12.1 Å². The largest absolute Gasteiger partial charge is 0.396 e. The molecule has 0 atom stereocenters. The molecule has 0 fully saturated rings. The Bertz CT molecular complexity index is 363. The summed E-state index contributed by atoms with van der Waals surface area (Å²) in [5.74, 6) is 0.717. The number of pyridine rings is 1. The van der Waals surface area contributed by atoms with Crippen LogP contribution < -0.4 is 11.1 Å². The lowest BCUT2D eigenvalue weighted by Crippen LogP contribution is -2.18. The fraction of sp³-hybridized carbons (Fsp3) is 0.455. The Morgan fingerprint density at radius 2 is 2.13 bits per heavy atom. The zero-order valence-electron chi connectivity index (χ0n) is 9.12. The molecule has 0 aliphatic rings. The fourth-order valence-electron chi connectivity index (χ4n) is 1.34. The summed E-state index contributed by atoms with van der Waals surface area (Å²) in [6.45, 7) is 4.23. The van der Waals surface area contributed by atoms with Crippen molar-refractivity contribution in [1.29, 1.82) is 5.26 Å². The predicted molar refractivity (Wildman–Crippen MR) is 61.4 cm³/mol. The highest BCUT2D eigenvalue weighted by Crippen LogP contribution is 2.14. The third-order valence-electron chi connectivity index (χ3n) is 2.37. The number of aromatic nitrogens is 1. The molecule has 4 nitrogen and oxygen atoms in total. The molecule has 0 aliphatic heterocycles. The van der Waals surface area contributed by atoms with Crippen LogP contribution in [-0.4, -0.2) is 11.0 Å². The van der Waals surface area contributed by atoms with Gasteiger partial charge in [-0.25, -0.2) is 4.98 Å². The summed E-state index contributed by atoms with van der Waals surface area (Å²) in [6, 6.07) is 5.87. The summed E-state index contributed by atoms with van der Waals surface area (Å²) in [5, 5.41) is 12.0. The average Bonchev–Trinajstić information content (AvgIpc) is 2.28. The predicted octanol–water partition coefficient (Wildman–Crippen LogP) is 2.14. The number of nitriles is 1. The Hall–Kier alpha value is -1.76. The molecule has 1 rings (SSSR count). The van der Waals surface area contributed by atoms with Crippen LogP contribution in [0.15, 0.2) is 12.1 Å². The van der Waals surface area contributed by atoms with Gasteiger partial charge in [0.25, 0.3) is 0 Å². The Labute approximate surface area is 90.1 Å². The SMILES string of the molecule is CCC(CC)Nc1ccc(N)c(C#N)n1. The van der Waals surface area contributed by atoms with Crippen molar-refractivity contribution in [1.82, 2.24) is 4.98 Å². The number of hydrogen-bond donors (Lipinski definition) is 2. The first kappa shape index (κ1) is 11.3. The van der Waals surface area contributed by atoms with Crippen LogP contribution in [0.25, 0.3) is 0 Å². The van der Waals surface area contributed by atoms with Crippen molar-refractivity contribution in [2.75, 3.05) is 11.1 Å². The molecular weight excluding hydrogens is 188 g/mol. The van der Waals surface area contributed by atoms with E-state index in [0.29, 0.717) is 11.7 Å². The van der Waals surface area contributed by atoms with Crippen LogP contribution in [0.1, 0.15) is 32.4 Å². The molecule has 0 aliphatic carbocycles. The van der Waals surface area contributed by atoms with Crippen LogP contribution >= 0.6 is 0 Å². The zero-order valence-corrected chi connectivity index (χ0v) is 9.12. The van der Waals surface area contributed by atoms with Crippen molar-refractivity contribution in [3.8, 4) is 6.07 Å². The Kier molecular flexibility index (Phi) is 3.92. The van der Waals surface area contributed by atoms with Gasteiger partial charge in [0.2, 0.25) is 0 Å². The smallest absolute Gasteiger partial charge is 0.165 e. The highest BCUT2D eigenvalue weighted by atomic mass is 15.0. The van der Waals surface area contributed by atoms with Crippen LogP contribution in [0.4, 0.5) is 11.5 Å². The maximum absolute atomic E-state index is 8.77. The molecule has 0 spiro atoms. The van der Waals surface area contributed by atoms with Crippen LogP contribution in [0.3, 0.4) is 0 Å². The van der Waals surface area contributed by atoms with Crippen molar-refractivity contribution >= 4 is 11.5 Å². The zero-order chi connectivity index (χ0) is 11.3. The quantitative estimate of drug-likeness (QED) is 0.787. The molecule has 1 aromatic heterocycles. The first-order valence-electron chi connectivity index (χ1n) is 5.14. The molecule has 0 aromatic carbocycles. The van der Waals surface area contributed by atoms with Crippen molar-refractivity contribution < 1.29 is 0 Å². The summed E-state index contributed by atoms with van der Waals surface area (Å²) < 4.78 is 0. The number of anilines is 2. The molecule has 0 unspecified atom stereocenters. The number of nitrogen functional groups attached to an aromatic ring is 1. The van der Waals surface area contributed by atoms with Gasteiger partial charge in [-0.3, -0.25) is 0 Å². The van der Waals surface area contributed by atoms with E-state index < -0.39 is 0 Å². The number of nitrogens with one attached hydrogen (secondary N) is 1. The van der Waals surface area contributed by atoms with Gasteiger partial charge in [0, 0.05) is 6.04 Å². The Morgan fingerprint density at radius 1 is 1.47 bits per heavy atom. The molecule has 1 heterocycles. The monoisotopic (exact) mass is 204 g/mol. The summed E-state index contributed by atoms with van der Waals surface area (Å²) in [6.07, 6.45) is 2.06. The van der Waals surface area contributed by atoms with Gasteiger partial charge in [-0.1, -0.05) is 13.8 Å². The van der Waals surface area contributed by atoms with Crippen LogP contribution in [-0.2, 0) is 0 Å². The first-order valence-corrected chi connectivity index (χ1v) is 5.14. The highest BCUT2D eigenvalue weighted by molar-refractivity contribution is 5.54. The molecule has 3 N–H and O–H groups in total. The molecule has 4 heteroatoms. The summed E-state index contributed by atoms with van der Waals surface area (Å²) in [5.41, 5.74) is 6.29. The molecule has 0 amide bonds. The molecule has 0 bridgehead atoms. The van der Waals surface area contributed by atoms with E-state index >= 15 is 0 Å². The van der Waals surface area contributed by atoms with E-state index in [1.807, 2.05) is 6.07 Å². The second-order valence-electron chi connectivity index (χ2n) is 3.40. The van der Waals surface area contributed by atoms with E-state index in [-0.39, 0.29) is 5.69 Å². The van der Waals surface area contributed by atoms with Crippen LogP contribution in [0, 0.1) is 11.3 Å². The number of hydrogen-bond acceptors (Lipinski definition) is 4. The number of nitrogens with zero attached hydrogens (tertiary/aromatic N) is 2. The fourth-order valence-corrected chi connectivity index (χ4v) is 1.34. The average molecular weight is 204 g/mol. The van der Waals surface area contributed by atoms with Gasteiger partial charge >= 0.3 is 0 Å².